The number of nitrogens with zero attached hydrogens (tertiary/aromatic N) is 1. The van der Waals surface area contributed by atoms with Crippen molar-refractivity contribution in [1.29, 1.82) is 0 Å². The van der Waals surface area contributed by atoms with Gasteiger partial charge in [-0.3, -0.25) is 0 Å². The third kappa shape index (κ3) is 9.96. The van der Waals surface area contributed by atoms with Gasteiger partial charge in [-0.15, -0.1) is 0 Å². The van der Waals surface area contributed by atoms with Crippen LogP contribution in [0, 0.1) is 0 Å². The zero-order chi connectivity index (χ0) is 12.3. The van der Waals surface area contributed by atoms with Crippen LogP contribution in [-0.4, -0.2) is 66.9 Å². The molecule has 15 heavy (non-hydrogen) atoms. The molecule has 1 atom stereocenters. The Labute approximate surface area is 91.2 Å². The van der Waals surface area contributed by atoms with E-state index in [2.05, 4.69) is 3.73 Å². The van der Waals surface area contributed by atoms with E-state index in [0.29, 0.717) is 4.48 Å². The topological polar surface area (TPSA) is 107 Å². The Hall–Kier alpha value is -0.332. The quantitative estimate of drug-likeness (QED) is 0.399. The Morgan fingerprint density at radius 3 is 2.20 bits per heavy atom. The van der Waals surface area contributed by atoms with E-state index in [0.717, 1.165) is 0 Å². The minimum absolute atomic E-state index is 0.181. The Morgan fingerprint density at radius 2 is 1.93 bits per heavy atom. The summed E-state index contributed by atoms with van der Waals surface area (Å²) in [4.78, 5) is 10.3. The fourth-order valence-corrected chi connectivity index (χ4v) is 2.24. The molecule has 0 aliphatic rings. The molecule has 90 valence electrons. The molecule has 0 aliphatic heterocycles. The Bertz CT molecular complexity index is 267. The molecule has 0 bridgehead atoms. The zero-order valence-corrected chi connectivity index (χ0v) is 10.8. The summed E-state index contributed by atoms with van der Waals surface area (Å²) in [5.74, 6) is -1.39. The summed E-state index contributed by atoms with van der Waals surface area (Å²) in [5, 5.41) is 10.3. The van der Waals surface area contributed by atoms with Gasteiger partial charge >= 0.3 is 90.7 Å². The molecular weight excluding hydrogens is 269 g/mol. The normalized spacial score (nSPS) is 15.0. The van der Waals surface area contributed by atoms with Gasteiger partial charge in [0.1, 0.15) is 0 Å². The summed E-state index contributed by atoms with van der Waals surface area (Å²) in [6.07, 6.45) is -1.56. The number of carbonyl (C=O) groups excluding carboxylic acids is 1. The van der Waals surface area contributed by atoms with E-state index in [1.165, 1.54) is 0 Å². The molecule has 0 radical (unpaired) electrons. The second-order valence-electron chi connectivity index (χ2n) is 4.27. The summed E-state index contributed by atoms with van der Waals surface area (Å²) in [7, 11) is 5.29. The maximum absolute atomic E-state index is 10.6. The van der Waals surface area contributed by atoms with E-state index in [1.54, 1.807) is 21.1 Å². The van der Waals surface area contributed by atoms with E-state index >= 15 is 0 Å². The minimum atomic E-state index is -5.26. The number of hydrogen-bond donors (Lipinski definition) is 2. The molecule has 0 aromatic carbocycles. The van der Waals surface area contributed by atoms with Gasteiger partial charge in [0.25, 0.3) is 0 Å². The number of hydrogen-bond acceptors (Lipinski definition) is 4. The monoisotopic (exact) mass is 285 g/mol. The van der Waals surface area contributed by atoms with Gasteiger partial charge in [0.05, 0.1) is 0 Å². The SMILES string of the molecule is C[N+](C)(C)C[C@@H](CC(=O)[O-])O[As](=O)(O)O. The molecule has 0 saturated heterocycles. The molecule has 0 saturated carbocycles. The number of carbonyl (C=O) groups is 1. The first-order chi connectivity index (χ1) is 6.49. The van der Waals surface area contributed by atoms with E-state index < -0.39 is 33.0 Å². The van der Waals surface area contributed by atoms with Crippen LogP contribution < -0.4 is 5.11 Å². The standard InChI is InChI=1S/C7H16AsNO6/c1-9(2,3)5-6(4-7(10)11)15-8(12,13)14/h6H,4-5H2,1-3H3,(H2-,10,11,12,13,14)/t6-/m1/s1. The number of likely N-dealkylation sites (N-methyl/N-ethyl adjacent to an activating group) is 1. The van der Waals surface area contributed by atoms with Crippen LogP contribution in [0.2, 0.25) is 0 Å². The fraction of sp³-hybridized carbons (Fsp3) is 0.857. The third-order valence-electron chi connectivity index (χ3n) is 1.43. The Morgan fingerprint density at radius 1 is 1.47 bits per heavy atom. The molecule has 0 aromatic heterocycles. The Kier molecular flexibility index (Phi) is 5.02. The molecule has 0 heterocycles. The van der Waals surface area contributed by atoms with Crippen molar-refractivity contribution in [3.05, 3.63) is 0 Å². The van der Waals surface area contributed by atoms with Crippen molar-refractivity contribution in [3.63, 3.8) is 0 Å². The van der Waals surface area contributed by atoms with Crippen LogP contribution in [0.4, 0.5) is 0 Å². The molecule has 0 aromatic rings. The first-order valence-electron chi connectivity index (χ1n) is 4.24. The molecule has 0 amide bonds. The summed E-state index contributed by atoms with van der Waals surface area (Å²) in [5.41, 5.74) is 0. The first kappa shape index (κ1) is 14.7. The fourth-order valence-electron chi connectivity index (χ4n) is 1.13. The maximum atomic E-state index is 10.6. The van der Waals surface area contributed by atoms with Crippen molar-refractivity contribution >= 4 is 20.5 Å². The van der Waals surface area contributed by atoms with Crippen LogP contribution >= 0.6 is 0 Å². The number of quaternary nitrogens is 1. The average Bonchev–Trinajstić information content (AvgIpc) is 1.73. The van der Waals surface area contributed by atoms with Gasteiger partial charge in [0.15, 0.2) is 0 Å². The van der Waals surface area contributed by atoms with Gasteiger partial charge < -0.3 is 0 Å². The van der Waals surface area contributed by atoms with Crippen molar-refractivity contribution in [3.8, 4) is 0 Å². The molecule has 0 spiro atoms. The van der Waals surface area contributed by atoms with Crippen LogP contribution in [0.1, 0.15) is 6.42 Å². The van der Waals surface area contributed by atoms with Crippen LogP contribution in [0.5, 0.6) is 0 Å². The van der Waals surface area contributed by atoms with Gasteiger partial charge in [-0.1, -0.05) is 0 Å². The molecule has 2 N–H and O–H groups in total. The van der Waals surface area contributed by atoms with E-state index in [-0.39, 0.29) is 6.54 Å². The second-order valence-corrected chi connectivity index (χ2v) is 6.77. The Balaban J connectivity index is 4.45. The van der Waals surface area contributed by atoms with E-state index in [4.69, 9.17) is 8.19 Å². The van der Waals surface area contributed by atoms with E-state index in [9.17, 15) is 13.6 Å². The van der Waals surface area contributed by atoms with Crippen LogP contribution in [-0.2, 0) is 12.3 Å². The van der Waals surface area contributed by atoms with Gasteiger partial charge in [-0.05, 0) is 0 Å². The van der Waals surface area contributed by atoms with Gasteiger partial charge in [-0.2, -0.15) is 0 Å². The van der Waals surface area contributed by atoms with Crippen LogP contribution in [0.25, 0.3) is 0 Å². The summed E-state index contributed by atoms with van der Waals surface area (Å²) in [6.45, 7) is 0.181. The van der Waals surface area contributed by atoms with Gasteiger partial charge in [-0.25, -0.2) is 0 Å². The first-order valence-corrected chi connectivity index (χ1v) is 7.45. The zero-order valence-electron chi connectivity index (χ0n) is 8.91. The summed E-state index contributed by atoms with van der Waals surface area (Å²) < 4.78 is 32.6. The van der Waals surface area contributed by atoms with Crippen molar-refractivity contribution in [2.45, 2.75) is 12.5 Å². The molecule has 7 nitrogen and oxygen atoms in total. The predicted molar refractivity (Wildman–Crippen MR) is 48.3 cm³/mol. The predicted octanol–water partition coefficient (Wildman–Crippen LogP) is -2.93. The molecule has 0 unspecified atom stereocenters. The molecule has 0 rings (SSSR count). The van der Waals surface area contributed by atoms with E-state index in [1.807, 2.05) is 0 Å². The third-order valence-corrected chi connectivity index (χ3v) is 2.63. The number of carboxylic acids is 1. The van der Waals surface area contributed by atoms with Crippen molar-refractivity contribution < 1.29 is 30.0 Å². The van der Waals surface area contributed by atoms with Crippen molar-refractivity contribution in [1.82, 2.24) is 0 Å². The molecular formula is C7H16AsNO6. The van der Waals surface area contributed by atoms with Crippen molar-refractivity contribution in [2.75, 3.05) is 27.7 Å². The molecule has 8 heteroatoms. The number of rotatable bonds is 6. The van der Waals surface area contributed by atoms with Crippen LogP contribution in [0.15, 0.2) is 0 Å². The molecule has 0 aliphatic carbocycles. The number of carboxylic acid groups (broad SMARTS) is 1. The second kappa shape index (κ2) is 5.14. The van der Waals surface area contributed by atoms with Gasteiger partial charge in [0, 0.05) is 0 Å². The van der Waals surface area contributed by atoms with Crippen molar-refractivity contribution in [2.24, 2.45) is 0 Å². The molecule has 0 fully saturated rings. The summed E-state index contributed by atoms with van der Waals surface area (Å²) >= 11 is -5.26. The summed E-state index contributed by atoms with van der Waals surface area (Å²) in [6, 6.07) is 0. The van der Waals surface area contributed by atoms with Crippen LogP contribution in [0.3, 0.4) is 0 Å². The van der Waals surface area contributed by atoms with Gasteiger partial charge in [0.2, 0.25) is 0 Å². The average molecular weight is 285 g/mol. The number of aliphatic carboxylic acids is 1.